The quantitative estimate of drug-likeness (QED) is 0.726. The summed E-state index contributed by atoms with van der Waals surface area (Å²) in [6.07, 6.45) is 0. The minimum Gasteiger partial charge on any atom is -0.496 e. The molecule has 1 N–H and O–H groups in total. The van der Waals surface area contributed by atoms with Gasteiger partial charge in [-0.3, -0.25) is 0 Å². The molecule has 2 aromatic rings. The van der Waals surface area contributed by atoms with E-state index >= 15 is 0 Å². The van der Waals surface area contributed by atoms with Gasteiger partial charge in [0.15, 0.2) is 0 Å². The van der Waals surface area contributed by atoms with Crippen molar-refractivity contribution in [3.05, 3.63) is 62.2 Å². The molecule has 0 spiro atoms. The van der Waals surface area contributed by atoms with Crippen LogP contribution in [-0.4, -0.2) is 7.11 Å². The fourth-order valence-corrected chi connectivity index (χ4v) is 2.62. The van der Waals surface area contributed by atoms with E-state index in [4.69, 9.17) is 16.3 Å². The monoisotopic (exact) mass is 401 g/mol. The molecule has 0 aliphatic carbocycles. The molecule has 106 valence electrons. The number of halogens is 2. The normalized spacial score (nSPS) is 12.2. The number of benzene rings is 2. The third kappa shape index (κ3) is 3.87. The molecule has 0 saturated heterocycles. The Morgan fingerprint density at radius 2 is 1.90 bits per heavy atom. The van der Waals surface area contributed by atoms with Crippen molar-refractivity contribution in [2.45, 2.75) is 19.5 Å². The van der Waals surface area contributed by atoms with E-state index in [2.05, 4.69) is 59.1 Å². The minimum absolute atomic E-state index is 0.257. The first kappa shape index (κ1) is 15.6. The van der Waals surface area contributed by atoms with Gasteiger partial charge in [0.25, 0.3) is 0 Å². The smallest absolute Gasteiger partial charge is 0.124 e. The van der Waals surface area contributed by atoms with Gasteiger partial charge in [-0.1, -0.05) is 29.8 Å². The topological polar surface area (TPSA) is 21.3 Å². The van der Waals surface area contributed by atoms with Gasteiger partial charge in [0.05, 0.1) is 7.11 Å². The predicted molar refractivity (Wildman–Crippen MR) is 92.4 cm³/mol. The van der Waals surface area contributed by atoms with Crippen LogP contribution in [0.1, 0.15) is 24.1 Å². The summed E-state index contributed by atoms with van der Waals surface area (Å²) in [6.45, 7) is 2.82. The second-order valence-electron chi connectivity index (χ2n) is 4.57. The molecule has 0 aromatic heterocycles. The summed E-state index contributed by atoms with van der Waals surface area (Å²) < 4.78 is 6.60. The van der Waals surface area contributed by atoms with E-state index in [0.717, 1.165) is 16.3 Å². The van der Waals surface area contributed by atoms with Crippen molar-refractivity contribution >= 4 is 34.2 Å². The van der Waals surface area contributed by atoms with Crippen molar-refractivity contribution in [2.24, 2.45) is 0 Å². The molecule has 0 aliphatic rings. The van der Waals surface area contributed by atoms with Gasteiger partial charge >= 0.3 is 0 Å². The van der Waals surface area contributed by atoms with E-state index in [9.17, 15) is 0 Å². The Hall–Kier alpha value is -0.780. The predicted octanol–water partition coefficient (Wildman–Crippen LogP) is 4.80. The van der Waals surface area contributed by atoms with Crippen molar-refractivity contribution < 1.29 is 4.74 Å². The summed E-state index contributed by atoms with van der Waals surface area (Å²) in [5.74, 6) is 0.819. The lowest BCUT2D eigenvalue weighted by Gasteiger charge is -2.16. The van der Waals surface area contributed by atoms with Crippen molar-refractivity contribution in [1.82, 2.24) is 5.32 Å². The first-order valence-corrected chi connectivity index (χ1v) is 7.87. The van der Waals surface area contributed by atoms with Gasteiger partial charge in [0.2, 0.25) is 0 Å². The Morgan fingerprint density at radius 1 is 1.20 bits per heavy atom. The number of hydrogen-bond donors (Lipinski definition) is 1. The summed E-state index contributed by atoms with van der Waals surface area (Å²) in [4.78, 5) is 0. The first-order chi connectivity index (χ1) is 9.61. The lowest BCUT2D eigenvalue weighted by Crippen LogP contribution is -2.18. The number of methoxy groups -OCH3 is 1. The molecule has 2 rings (SSSR count). The summed E-state index contributed by atoms with van der Waals surface area (Å²) in [6, 6.07) is 14.5. The summed E-state index contributed by atoms with van der Waals surface area (Å²) >= 11 is 8.55. The zero-order chi connectivity index (χ0) is 14.5. The third-order valence-electron chi connectivity index (χ3n) is 3.25. The Bertz CT molecular complexity index is 571. The van der Waals surface area contributed by atoms with Crippen LogP contribution < -0.4 is 10.1 Å². The van der Waals surface area contributed by atoms with Gasteiger partial charge in [-0.25, -0.2) is 0 Å². The van der Waals surface area contributed by atoms with E-state index in [1.165, 1.54) is 9.13 Å². The highest BCUT2D eigenvalue weighted by molar-refractivity contribution is 14.1. The Morgan fingerprint density at radius 3 is 2.55 bits per heavy atom. The third-order valence-corrected chi connectivity index (χ3v) is 4.32. The molecule has 0 saturated carbocycles. The first-order valence-electron chi connectivity index (χ1n) is 6.42. The van der Waals surface area contributed by atoms with Crippen LogP contribution >= 0.6 is 34.2 Å². The summed E-state index contributed by atoms with van der Waals surface area (Å²) in [7, 11) is 1.66. The molecule has 0 aliphatic heterocycles. The van der Waals surface area contributed by atoms with Crippen molar-refractivity contribution in [2.75, 3.05) is 7.11 Å². The standard InChI is InChI=1S/C16H17ClINO/c1-11(12-6-8-13(18)9-7-12)19-10-14-15(17)4-3-5-16(14)20-2/h3-9,11,19H,10H2,1-2H3. The second kappa shape index (κ2) is 7.29. The molecule has 1 unspecified atom stereocenters. The van der Waals surface area contributed by atoms with Crippen molar-refractivity contribution in [3.8, 4) is 5.75 Å². The van der Waals surface area contributed by atoms with Crippen molar-refractivity contribution in [1.29, 1.82) is 0 Å². The fourth-order valence-electron chi connectivity index (χ4n) is 2.03. The van der Waals surface area contributed by atoms with Crippen LogP contribution in [0.5, 0.6) is 5.75 Å². The van der Waals surface area contributed by atoms with E-state index in [0.29, 0.717) is 6.54 Å². The van der Waals surface area contributed by atoms with E-state index < -0.39 is 0 Å². The van der Waals surface area contributed by atoms with Gasteiger partial charge in [-0.15, -0.1) is 0 Å². The zero-order valence-corrected chi connectivity index (χ0v) is 14.4. The maximum Gasteiger partial charge on any atom is 0.124 e. The van der Waals surface area contributed by atoms with Gasteiger partial charge in [0.1, 0.15) is 5.75 Å². The zero-order valence-electron chi connectivity index (χ0n) is 11.5. The Balaban J connectivity index is 2.07. The molecule has 1 atom stereocenters. The molecule has 2 aromatic carbocycles. The molecule has 0 fully saturated rings. The van der Waals surface area contributed by atoms with Gasteiger partial charge < -0.3 is 10.1 Å². The molecule has 0 amide bonds. The SMILES string of the molecule is COc1cccc(Cl)c1CNC(C)c1ccc(I)cc1. The molecule has 20 heavy (non-hydrogen) atoms. The van der Waals surface area contributed by atoms with Gasteiger partial charge in [0, 0.05) is 26.7 Å². The van der Waals surface area contributed by atoms with Crippen molar-refractivity contribution in [3.63, 3.8) is 0 Å². The lowest BCUT2D eigenvalue weighted by atomic mass is 10.1. The van der Waals surface area contributed by atoms with Crippen LogP contribution in [0.25, 0.3) is 0 Å². The van der Waals surface area contributed by atoms with Crippen LogP contribution in [0.3, 0.4) is 0 Å². The van der Waals surface area contributed by atoms with E-state index in [1.54, 1.807) is 7.11 Å². The molecular formula is C16H17ClINO. The van der Waals surface area contributed by atoms with Crippen LogP contribution in [0, 0.1) is 3.57 Å². The number of rotatable bonds is 5. The largest absolute Gasteiger partial charge is 0.496 e. The average molecular weight is 402 g/mol. The lowest BCUT2D eigenvalue weighted by molar-refractivity contribution is 0.406. The maximum atomic E-state index is 6.24. The molecule has 4 heteroatoms. The van der Waals surface area contributed by atoms with Crippen LogP contribution in [0.4, 0.5) is 0 Å². The average Bonchev–Trinajstić information content (AvgIpc) is 2.46. The van der Waals surface area contributed by atoms with Crippen LogP contribution in [0.2, 0.25) is 5.02 Å². The Labute approximate surface area is 138 Å². The van der Waals surface area contributed by atoms with Gasteiger partial charge in [-0.05, 0) is 59.3 Å². The van der Waals surface area contributed by atoms with Gasteiger partial charge in [-0.2, -0.15) is 0 Å². The molecule has 2 nitrogen and oxygen atoms in total. The highest BCUT2D eigenvalue weighted by Crippen LogP contribution is 2.26. The maximum absolute atomic E-state index is 6.24. The second-order valence-corrected chi connectivity index (χ2v) is 6.23. The molecule has 0 bridgehead atoms. The summed E-state index contributed by atoms with van der Waals surface area (Å²) in [5.41, 5.74) is 2.26. The van der Waals surface area contributed by atoms with Crippen LogP contribution in [-0.2, 0) is 6.54 Å². The fraction of sp³-hybridized carbons (Fsp3) is 0.250. The number of ether oxygens (including phenoxy) is 1. The molecule has 0 heterocycles. The molecular weight excluding hydrogens is 385 g/mol. The Kier molecular flexibility index (Phi) is 5.69. The highest BCUT2D eigenvalue weighted by atomic mass is 127. The molecule has 0 radical (unpaired) electrons. The number of nitrogens with one attached hydrogen (secondary N) is 1. The number of hydrogen-bond acceptors (Lipinski definition) is 2. The highest BCUT2D eigenvalue weighted by Gasteiger charge is 2.10. The van der Waals surface area contributed by atoms with E-state index in [1.807, 2.05) is 18.2 Å². The van der Waals surface area contributed by atoms with Crippen LogP contribution in [0.15, 0.2) is 42.5 Å². The van der Waals surface area contributed by atoms with E-state index in [-0.39, 0.29) is 6.04 Å². The minimum atomic E-state index is 0.257. The summed E-state index contributed by atoms with van der Waals surface area (Å²) in [5, 5.41) is 4.21.